The molecule has 4 nitrogen and oxygen atoms in total. The average molecular weight is 250 g/mol. The van der Waals surface area contributed by atoms with Gasteiger partial charge in [0.05, 0.1) is 6.61 Å². The number of nitrogen functional groups attached to an aromatic ring is 1. The van der Waals surface area contributed by atoms with Gasteiger partial charge in [-0.3, -0.25) is 4.79 Å². The first-order valence-electron chi connectivity index (χ1n) is 6.13. The van der Waals surface area contributed by atoms with Crippen molar-refractivity contribution in [2.45, 2.75) is 26.8 Å². The molecule has 2 N–H and O–H groups in total. The number of aryl methyl sites for hydroxylation is 1. The van der Waals surface area contributed by atoms with Crippen LogP contribution < -0.4 is 5.73 Å². The third kappa shape index (κ3) is 3.47. The molecule has 0 aliphatic heterocycles. The Kier molecular flexibility index (Phi) is 5.16. The summed E-state index contributed by atoms with van der Waals surface area (Å²) < 4.78 is 5.03. The molecule has 0 radical (unpaired) electrons. The predicted molar refractivity (Wildman–Crippen MR) is 73.6 cm³/mol. The fraction of sp³-hybridized carbons (Fsp3) is 0.500. The molecule has 0 heterocycles. The van der Waals surface area contributed by atoms with Crippen molar-refractivity contribution in [3.8, 4) is 0 Å². The summed E-state index contributed by atoms with van der Waals surface area (Å²) in [6, 6.07) is 5.56. The first kappa shape index (κ1) is 14.5. The van der Waals surface area contributed by atoms with E-state index in [0.29, 0.717) is 24.4 Å². The molecule has 0 unspecified atom stereocenters. The quantitative estimate of drug-likeness (QED) is 0.814. The summed E-state index contributed by atoms with van der Waals surface area (Å²) in [6.07, 6.45) is 0. The highest BCUT2D eigenvalue weighted by molar-refractivity contribution is 5.95. The first-order chi connectivity index (χ1) is 8.47. The number of rotatable bonds is 5. The largest absolute Gasteiger partial charge is 0.398 e. The zero-order chi connectivity index (χ0) is 13.7. The molecule has 0 aliphatic carbocycles. The number of hydrogen-bond acceptors (Lipinski definition) is 3. The van der Waals surface area contributed by atoms with Gasteiger partial charge in [0.25, 0.3) is 5.91 Å². The predicted octanol–water partition coefficient (Wildman–Crippen LogP) is 2.07. The second-order valence-electron chi connectivity index (χ2n) is 4.66. The number of anilines is 1. The molecule has 0 atom stereocenters. The molecule has 1 rings (SSSR count). The molecular formula is C14H22N2O2. The Labute approximate surface area is 109 Å². The van der Waals surface area contributed by atoms with Gasteiger partial charge in [0.1, 0.15) is 0 Å². The summed E-state index contributed by atoms with van der Waals surface area (Å²) in [5.74, 6) is -0.00579. The van der Waals surface area contributed by atoms with Crippen LogP contribution in [0.3, 0.4) is 0 Å². The highest BCUT2D eigenvalue weighted by Gasteiger charge is 2.18. The normalized spacial score (nSPS) is 10.7. The van der Waals surface area contributed by atoms with Crippen LogP contribution >= 0.6 is 0 Å². The van der Waals surface area contributed by atoms with Crippen molar-refractivity contribution in [2.75, 3.05) is 26.0 Å². The van der Waals surface area contributed by atoms with Crippen molar-refractivity contribution in [3.05, 3.63) is 29.3 Å². The van der Waals surface area contributed by atoms with Crippen LogP contribution in [0.25, 0.3) is 0 Å². The Morgan fingerprint density at radius 2 is 2.11 bits per heavy atom. The van der Waals surface area contributed by atoms with Gasteiger partial charge in [0.15, 0.2) is 0 Å². The zero-order valence-corrected chi connectivity index (χ0v) is 11.6. The minimum Gasteiger partial charge on any atom is -0.398 e. The SMILES string of the molecule is COCCN(C(=O)c1ccc(C)c(N)c1)C(C)C. The highest BCUT2D eigenvalue weighted by Crippen LogP contribution is 2.15. The minimum atomic E-state index is -0.00579. The number of hydrogen-bond donors (Lipinski definition) is 1. The Hall–Kier alpha value is -1.55. The van der Waals surface area contributed by atoms with Crippen LogP contribution in [0.1, 0.15) is 29.8 Å². The minimum absolute atomic E-state index is 0.00579. The highest BCUT2D eigenvalue weighted by atomic mass is 16.5. The number of benzene rings is 1. The molecule has 0 fully saturated rings. The summed E-state index contributed by atoms with van der Waals surface area (Å²) in [7, 11) is 1.63. The van der Waals surface area contributed by atoms with Gasteiger partial charge in [-0.1, -0.05) is 6.07 Å². The maximum atomic E-state index is 12.4. The number of ether oxygens (including phenoxy) is 1. The van der Waals surface area contributed by atoms with E-state index in [1.165, 1.54) is 0 Å². The van der Waals surface area contributed by atoms with Crippen molar-refractivity contribution in [1.82, 2.24) is 4.90 Å². The fourth-order valence-electron chi connectivity index (χ4n) is 1.72. The van der Waals surface area contributed by atoms with E-state index in [1.807, 2.05) is 32.9 Å². The number of nitrogens with two attached hydrogens (primary N) is 1. The van der Waals surface area contributed by atoms with E-state index >= 15 is 0 Å². The number of methoxy groups -OCH3 is 1. The molecule has 0 aromatic heterocycles. The van der Waals surface area contributed by atoms with Crippen molar-refractivity contribution in [3.63, 3.8) is 0 Å². The fourth-order valence-corrected chi connectivity index (χ4v) is 1.72. The van der Waals surface area contributed by atoms with Crippen molar-refractivity contribution in [1.29, 1.82) is 0 Å². The lowest BCUT2D eigenvalue weighted by Crippen LogP contribution is -2.39. The molecule has 0 aliphatic rings. The standard InChI is InChI=1S/C14H22N2O2/c1-10(2)16(7-8-18-4)14(17)12-6-5-11(3)13(15)9-12/h5-6,9-10H,7-8,15H2,1-4H3. The lowest BCUT2D eigenvalue weighted by Gasteiger charge is -2.26. The van der Waals surface area contributed by atoms with Gasteiger partial charge in [0, 0.05) is 30.9 Å². The van der Waals surface area contributed by atoms with Gasteiger partial charge >= 0.3 is 0 Å². The second-order valence-corrected chi connectivity index (χ2v) is 4.66. The summed E-state index contributed by atoms with van der Waals surface area (Å²) in [5.41, 5.74) is 8.10. The molecule has 1 aromatic rings. The Morgan fingerprint density at radius 1 is 1.44 bits per heavy atom. The Morgan fingerprint density at radius 3 is 2.61 bits per heavy atom. The lowest BCUT2D eigenvalue weighted by molar-refractivity contribution is 0.0635. The summed E-state index contributed by atoms with van der Waals surface area (Å²) in [4.78, 5) is 14.2. The van der Waals surface area contributed by atoms with Crippen molar-refractivity contribution < 1.29 is 9.53 Å². The maximum Gasteiger partial charge on any atom is 0.254 e. The summed E-state index contributed by atoms with van der Waals surface area (Å²) in [5, 5.41) is 0. The Balaban J connectivity index is 2.91. The van der Waals surface area contributed by atoms with E-state index in [2.05, 4.69) is 0 Å². The van der Waals surface area contributed by atoms with Crippen LogP contribution in [0, 0.1) is 6.92 Å². The van der Waals surface area contributed by atoms with E-state index in [-0.39, 0.29) is 11.9 Å². The van der Waals surface area contributed by atoms with Gasteiger partial charge in [-0.05, 0) is 38.5 Å². The van der Waals surface area contributed by atoms with Crippen LogP contribution in [0.2, 0.25) is 0 Å². The Bertz CT molecular complexity index is 416. The monoisotopic (exact) mass is 250 g/mol. The van der Waals surface area contributed by atoms with E-state index in [9.17, 15) is 4.79 Å². The molecule has 18 heavy (non-hydrogen) atoms. The molecule has 1 aromatic carbocycles. The van der Waals surface area contributed by atoms with Crippen LogP contribution in [0.15, 0.2) is 18.2 Å². The molecule has 100 valence electrons. The van der Waals surface area contributed by atoms with Gasteiger partial charge in [0.2, 0.25) is 0 Å². The average Bonchev–Trinajstić information content (AvgIpc) is 2.32. The molecular weight excluding hydrogens is 228 g/mol. The van der Waals surface area contributed by atoms with Gasteiger partial charge in [-0.25, -0.2) is 0 Å². The topological polar surface area (TPSA) is 55.6 Å². The maximum absolute atomic E-state index is 12.4. The molecule has 0 saturated heterocycles. The molecule has 0 spiro atoms. The van der Waals surface area contributed by atoms with Gasteiger partial charge in [-0.15, -0.1) is 0 Å². The number of carbonyl (C=O) groups is 1. The van der Waals surface area contributed by atoms with E-state index in [4.69, 9.17) is 10.5 Å². The molecule has 0 bridgehead atoms. The van der Waals surface area contributed by atoms with Crippen LogP contribution in [-0.4, -0.2) is 37.1 Å². The smallest absolute Gasteiger partial charge is 0.254 e. The van der Waals surface area contributed by atoms with E-state index in [1.54, 1.807) is 18.1 Å². The van der Waals surface area contributed by atoms with Crippen molar-refractivity contribution in [2.24, 2.45) is 0 Å². The van der Waals surface area contributed by atoms with E-state index < -0.39 is 0 Å². The third-order valence-corrected chi connectivity index (χ3v) is 2.95. The van der Waals surface area contributed by atoms with Crippen LogP contribution in [0.4, 0.5) is 5.69 Å². The third-order valence-electron chi connectivity index (χ3n) is 2.95. The second kappa shape index (κ2) is 6.40. The van der Waals surface area contributed by atoms with Gasteiger partial charge in [-0.2, -0.15) is 0 Å². The zero-order valence-electron chi connectivity index (χ0n) is 11.6. The molecule has 4 heteroatoms. The van der Waals surface area contributed by atoms with Gasteiger partial charge < -0.3 is 15.4 Å². The number of nitrogens with zero attached hydrogens (tertiary/aromatic N) is 1. The summed E-state index contributed by atoms with van der Waals surface area (Å²) >= 11 is 0. The van der Waals surface area contributed by atoms with Crippen LogP contribution in [-0.2, 0) is 4.74 Å². The first-order valence-corrected chi connectivity index (χ1v) is 6.13. The lowest BCUT2D eigenvalue weighted by atomic mass is 10.1. The van der Waals surface area contributed by atoms with E-state index in [0.717, 1.165) is 5.56 Å². The summed E-state index contributed by atoms with van der Waals surface area (Å²) in [6.45, 7) is 7.02. The molecule has 0 saturated carbocycles. The number of carbonyl (C=O) groups excluding carboxylic acids is 1. The molecule has 1 amide bonds. The number of amides is 1. The van der Waals surface area contributed by atoms with Crippen molar-refractivity contribution >= 4 is 11.6 Å². The van der Waals surface area contributed by atoms with Crippen LogP contribution in [0.5, 0.6) is 0 Å².